The first-order valence-corrected chi connectivity index (χ1v) is 16.5. The van der Waals surface area contributed by atoms with E-state index in [1.165, 1.54) is 13.8 Å². The van der Waals surface area contributed by atoms with E-state index in [0.717, 1.165) is 24.3 Å². The summed E-state index contributed by atoms with van der Waals surface area (Å²) in [7, 11) is 0. The number of ether oxygens (including phenoxy) is 6. The van der Waals surface area contributed by atoms with Crippen LogP contribution in [0.3, 0.4) is 0 Å². The van der Waals surface area contributed by atoms with Crippen molar-refractivity contribution < 1.29 is 99.2 Å². The Labute approximate surface area is 303 Å². The van der Waals surface area contributed by atoms with Crippen LogP contribution in [0.1, 0.15) is 13.8 Å². The summed E-state index contributed by atoms with van der Waals surface area (Å²) < 4.78 is 39.1. The second kappa shape index (κ2) is 15.2. The average molecular weight is 773 g/mol. The molecule has 4 heterocycles. The van der Waals surface area contributed by atoms with Gasteiger partial charge in [0, 0.05) is 17.7 Å². The lowest BCUT2D eigenvalue weighted by atomic mass is 9.98. The molecule has 6 rings (SSSR count). The van der Waals surface area contributed by atoms with Crippen molar-refractivity contribution in [1.82, 2.24) is 0 Å². The highest BCUT2D eigenvalue weighted by Gasteiger charge is 2.48. The van der Waals surface area contributed by atoms with Crippen molar-refractivity contribution in [2.75, 3.05) is 6.61 Å². The number of aliphatic hydroxyl groups is 9. The molecule has 0 aliphatic carbocycles. The number of aromatic hydroxyl groups is 4. The molecule has 0 spiro atoms. The Balaban J connectivity index is 1.35. The molecular weight excluding hydrogens is 732 g/mol. The van der Waals surface area contributed by atoms with E-state index in [2.05, 4.69) is 0 Å². The smallest absolute Gasteiger partial charge is 0.239 e. The van der Waals surface area contributed by atoms with Gasteiger partial charge in [-0.3, -0.25) is 4.79 Å². The fraction of sp³-hybridized carbons (Fsp3) is 0.545. The van der Waals surface area contributed by atoms with Crippen molar-refractivity contribution in [2.45, 2.75) is 106 Å². The molecule has 54 heavy (non-hydrogen) atoms. The van der Waals surface area contributed by atoms with Gasteiger partial charge in [-0.15, -0.1) is 0 Å². The summed E-state index contributed by atoms with van der Waals surface area (Å²) in [6, 6.07) is 3.67. The van der Waals surface area contributed by atoms with Gasteiger partial charge in [0.1, 0.15) is 83.5 Å². The summed E-state index contributed by atoms with van der Waals surface area (Å²) in [5, 5.41) is 134. The summed E-state index contributed by atoms with van der Waals surface area (Å²) >= 11 is 0. The molecule has 3 aliphatic rings. The van der Waals surface area contributed by atoms with Crippen LogP contribution in [-0.2, 0) is 18.9 Å². The van der Waals surface area contributed by atoms with Crippen molar-refractivity contribution in [3.8, 4) is 45.8 Å². The first-order chi connectivity index (χ1) is 25.4. The third kappa shape index (κ3) is 7.22. The molecule has 15 atom stereocenters. The molecule has 1 aromatic heterocycles. The Hall–Kier alpha value is -4.07. The van der Waals surface area contributed by atoms with Gasteiger partial charge in [-0.25, -0.2) is 0 Å². The highest BCUT2D eigenvalue weighted by molar-refractivity contribution is 5.88. The quantitative estimate of drug-likeness (QED) is 0.0989. The van der Waals surface area contributed by atoms with Gasteiger partial charge in [-0.05, 0) is 26.0 Å². The number of phenols is 4. The summed E-state index contributed by atoms with van der Waals surface area (Å²) in [5.41, 5.74) is -1.95. The minimum Gasteiger partial charge on any atom is -0.507 e. The zero-order valence-corrected chi connectivity index (χ0v) is 28.3. The second-order valence-corrected chi connectivity index (χ2v) is 13.2. The van der Waals surface area contributed by atoms with E-state index < -0.39 is 150 Å². The Morgan fingerprint density at radius 3 is 1.70 bits per heavy atom. The average Bonchev–Trinajstić information content (AvgIpc) is 3.13. The summed E-state index contributed by atoms with van der Waals surface area (Å²) in [5.74, 6) is -5.30. The summed E-state index contributed by atoms with van der Waals surface area (Å²) in [6.07, 6.45) is -24.4. The number of hydrogen-bond acceptors (Lipinski definition) is 21. The molecule has 21 heteroatoms. The zero-order valence-electron chi connectivity index (χ0n) is 28.3. The highest BCUT2D eigenvalue weighted by atomic mass is 16.7. The lowest BCUT2D eigenvalue weighted by Crippen LogP contribution is -2.61. The molecule has 0 unspecified atom stereocenters. The molecule has 3 aromatic rings. The molecule has 13 N–H and O–H groups in total. The molecule has 21 nitrogen and oxygen atoms in total. The molecule has 3 aliphatic heterocycles. The molecular formula is C33H40O21. The Bertz CT molecular complexity index is 1860. The molecule has 3 saturated heterocycles. The predicted octanol–water partition coefficient (Wildman–Crippen LogP) is -3.48. The van der Waals surface area contributed by atoms with E-state index in [0.29, 0.717) is 0 Å². The maximum absolute atomic E-state index is 14.1. The van der Waals surface area contributed by atoms with E-state index in [1.807, 2.05) is 0 Å². The molecule has 2 aromatic carbocycles. The second-order valence-electron chi connectivity index (χ2n) is 13.2. The van der Waals surface area contributed by atoms with Crippen LogP contribution in [0.25, 0.3) is 22.3 Å². The van der Waals surface area contributed by atoms with Gasteiger partial charge in [-0.2, -0.15) is 0 Å². The topological polar surface area (TPSA) is 349 Å². The fourth-order valence-electron chi connectivity index (χ4n) is 6.21. The lowest BCUT2D eigenvalue weighted by Gasteiger charge is -2.42. The van der Waals surface area contributed by atoms with Gasteiger partial charge >= 0.3 is 0 Å². The number of phenolic OH excluding ortho intramolecular Hbond substituents is 4. The van der Waals surface area contributed by atoms with Crippen LogP contribution in [0.5, 0.6) is 34.5 Å². The van der Waals surface area contributed by atoms with Gasteiger partial charge in [0.15, 0.2) is 29.3 Å². The van der Waals surface area contributed by atoms with Crippen molar-refractivity contribution in [3.63, 3.8) is 0 Å². The predicted molar refractivity (Wildman–Crippen MR) is 173 cm³/mol. The summed E-state index contributed by atoms with van der Waals surface area (Å²) in [6.45, 7) is 2.11. The van der Waals surface area contributed by atoms with Crippen LogP contribution in [0, 0.1) is 0 Å². The standard InChI is InChI=1S/C33H40O21/c1-8-18(37)23(42)26(45)31(49-8)48-7-16-21(40)25(44)28(47)33(53-16)54-30-22(41)17-12(34)5-11(51-32-27(46)24(43)19(38)9(2)50-32)6-15(17)52-29(30)10-3-13(35)20(39)14(36)4-10/h3-6,8-9,16,18-19,21,23-28,31-40,42-47H,7H2,1-2H3/t8-,9+,16-,18-,19-,21-,23-,24-,25+,26+,27+,28-,31+,32-,33-/m0/s1. The third-order valence-corrected chi connectivity index (χ3v) is 9.43. The van der Waals surface area contributed by atoms with Crippen LogP contribution in [0.2, 0.25) is 0 Å². The SMILES string of the molecule is C[C@@H]1O[C@@H](OC[C@@H]2O[C@@H](Oc3c(-c4cc(O)c(O)c(O)c4)oc4cc(O[C@@H]5O[C@H](C)[C@H](O)[C@H](O)[C@H]5O)cc(O)c4c3=O)[C@@H](O)[C@H](O)[C@H]2O)[C@H](O)[C@@H](O)[C@H]1O. The van der Waals surface area contributed by atoms with Crippen LogP contribution in [0.4, 0.5) is 0 Å². The van der Waals surface area contributed by atoms with E-state index >= 15 is 0 Å². The molecule has 0 radical (unpaired) electrons. The Morgan fingerprint density at radius 1 is 0.593 bits per heavy atom. The maximum atomic E-state index is 14.1. The molecule has 0 saturated carbocycles. The van der Waals surface area contributed by atoms with E-state index in [4.69, 9.17) is 32.8 Å². The molecule has 3 fully saturated rings. The van der Waals surface area contributed by atoms with Crippen molar-refractivity contribution >= 4 is 11.0 Å². The van der Waals surface area contributed by atoms with Gasteiger partial charge < -0.3 is 99.2 Å². The first kappa shape index (κ1) is 39.6. The largest absolute Gasteiger partial charge is 0.507 e. The van der Waals surface area contributed by atoms with Gasteiger partial charge in [-0.1, -0.05) is 0 Å². The van der Waals surface area contributed by atoms with Gasteiger partial charge in [0.2, 0.25) is 23.8 Å². The number of rotatable bonds is 8. The fourth-order valence-corrected chi connectivity index (χ4v) is 6.21. The lowest BCUT2D eigenvalue weighted by molar-refractivity contribution is -0.318. The van der Waals surface area contributed by atoms with Crippen molar-refractivity contribution in [2.24, 2.45) is 0 Å². The van der Waals surface area contributed by atoms with Crippen molar-refractivity contribution in [3.05, 3.63) is 34.5 Å². The number of hydrogen-bond donors (Lipinski definition) is 13. The van der Waals surface area contributed by atoms with Crippen LogP contribution < -0.4 is 14.9 Å². The molecule has 298 valence electrons. The Kier molecular flexibility index (Phi) is 11.2. The van der Waals surface area contributed by atoms with Gasteiger partial charge in [0.25, 0.3) is 0 Å². The normalized spacial score (nSPS) is 37.3. The minimum atomic E-state index is -2.09. The van der Waals surface area contributed by atoms with Crippen LogP contribution in [0.15, 0.2) is 33.5 Å². The summed E-state index contributed by atoms with van der Waals surface area (Å²) in [4.78, 5) is 14.1. The third-order valence-electron chi connectivity index (χ3n) is 9.43. The molecule has 0 amide bonds. The van der Waals surface area contributed by atoms with Gasteiger partial charge in [0.05, 0.1) is 18.8 Å². The molecule has 0 bridgehead atoms. The number of aliphatic hydroxyl groups excluding tert-OH is 9. The van der Waals surface area contributed by atoms with E-state index in [9.17, 15) is 71.2 Å². The number of fused-ring (bicyclic) bond motifs is 1. The monoisotopic (exact) mass is 772 g/mol. The zero-order chi connectivity index (χ0) is 39.5. The number of benzene rings is 2. The van der Waals surface area contributed by atoms with E-state index in [-0.39, 0.29) is 11.3 Å². The first-order valence-electron chi connectivity index (χ1n) is 16.5. The van der Waals surface area contributed by atoms with Crippen LogP contribution >= 0.6 is 0 Å². The van der Waals surface area contributed by atoms with Crippen LogP contribution in [-0.4, -0.2) is 165 Å². The minimum absolute atomic E-state index is 0.284. The Morgan fingerprint density at radius 2 is 1.11 bits per heavy atom. The van der Waals surface area contributed by atoms with Crippen molar-refractivity contribution in [1.29, 1.82) is 0 Å². The maximum Gasteiger partial charge on any atom is 0.239 e. The van der Waals surface area contributed by atoms with E-state index in [1.54, 1.807) is 0 Å². The highest BCUT2D eigenvalue weighted by Crippen LogP contribution is 2.43.